The molecule has 108 valence electrons. The zero-order valence-corrected chi connectivity index (χ0v) is 12.3. The van der Waals surface area contributed by atoms with Crippen molar-refractivity contribution >= 4 is 44.4 Å². The summed E-state index contributed by atoms with van der Waals surface area (Å²) in [5, 5.41) is 2.83. The molecule has 0 unspecified atom stereocenters. The molecule has 0 aliphatic heterocycles. The number of fused-ring (bicyclic) bond motifs is 5. The number of hydrogen-bond donors (Lipinski definition) is 1. The number of benzene rings is 2. The van der Waals surface area contributed by atoms with E-state index in [-0.39, 0.29) is 11.7 Å². The number of carbonyl (C=O) groups is 2. The maximum Gasteiger partial charge on any atom is 0.228 e. The first-order chi connectivity index (χ1) is 10.6. The maximum absolute atomic E-state index is 12.1. The summed E-state index contributed by atoms with van der Waals surface area (Å²) in [6, 6.07) is 11.6. The highest BCUT2D eigenvalue weighted by Gasteiger charge is 2.18. The van der Waals surface area contributed by atoms with Crippen LogP contribution in [-0.2, 0) is 0 Å². The summed E-state index contributed by atoms with van der Waals surface area (Å²) >= 11 is 0. The van der Waals surface area contributed by atoms with Gasteiger partial charge in [-0.25, -0.2) is 0 Å². The van der Waals surface area contributed by atoms with Crippen LogP contribution in [0.4, 0.5) is 0 Å². The highest BCUT2D eigenvalue weighted by atomic mass is 16.1. The molecule has 0 amide bonds. The number of Topliss-reactive ketones (excluding diaryl/α,β-unsaturated/α-hetero) is 1. The van der Waals surface area contributed by atoms with Gasteiger partial charge in [0.05, 0.1) is 11.0 Å². The summed E-state index contributed by atoms with van der Waals surface area (Å²) in [7, 11) is 0. The van der Waals surface area contributed by atoms with Crippen LogP contribution in [0.2, 0.25) is 0 Å². The van der Waals surface area contributed by atoms with Crippen LogP contribution in [0.3, 0.4) is 0 Å². The average molecular weight is 290 g/mol. The van der Waals surface area contributed by atoms with Crippen molar-refractivity contribution in [3.63, 3.8) is 0 Å². The fraction of sp³-hybridized carbons (Fsp3) is 0.111. The van der Waals surface area contributed by atoms with Crippen LogP contribution in [0.15, 0.2) is 42.6 Å². The number of nitrogens with one attached hydrogen (secondary N) is 1. The fourth-order valence-corrected chi connectivity index (χ4v) is 3.30. The van der Waals surface area contributed by atoms with E-state index in [0.29, 0.717) is 5.56 Å². The van der Waals surface area contributed by atoms with Gasteiger partial charge in [-0.05, 0) is 25.1 Å². The predicted octanol–water partition coefficient (Wildman–Crippen LogP) is 4.14. The quantitative estimate of drug-likeness (QED) is 0.536. The van der Waals surface area contributed by atoms with E-state index in [9.17, 15) is 9.59 Å². The third-order valence-electron chi connectivity index (χ3n) is 4.17. The van der Waals surface area contributed by atoms with Gasteiger partial charge in [0.25, 0.3) is 0 Å². The molecule has 22 heavy (non-hydrogen) atoms. The Kier molecular flexibility index (Phi) is 2.51. The van der Waals surface area contributed by atoms with E-state index in [1.807, 2.05) is 36.4 Å². The number of aromatic amines is 1. The second kappa shape index (κ2) is 4.31. The molecule has 0 aliphatic rings. The molecule has 2 heterocycles. The minimum Gasteiger partial charge on any atom is -0.360 e. The van der Waals surface area contributed by atoms with Crippen LogP contribution >= 0.6 is 0 Å². The Labute approximate surface area is 126 Å². The summed E-state index contributed by atoms with van der Waals surface area (Å²) in [6.07, 6.45) is 1.74. The summed E-state index contributed by atoms with van der Waals surface area (Å²) < 4.78 is 1.71. The normalized spacial score (nSPS) is 11.5. The van der Waals surface area contributed by atoms with E-state index in [2.05, 4.69) is 4.98 Å². The number of ketones is 1. The molecular weight excluding hydrogens is 276 g/mol. The lowest BCUT2D eigenvalue weighted by molar-refractivity contribution is 0.0945. The average Bonchev–Trinajstić information content (AvgIpc) is 3.05. The van der Waals surface area contributed by atoms with Crippen molar-refractivity contribution in [3.05, 3.63) is 48.2 Å². The highest BCUT2D eigenvalue weighted by Crippen LogP contribution is 2.36. The van der Waals surface area contributed by atoms with Crippen molar-refractivity contribution in [2.24, 2.45) is 0 Å². The Morgan fingerprint density at radius 2 is 1.73 bits per heavy atom. The van der Waals surface area contributed by atoms with Crippen molar-refractivity contribution in [1.82, 2.24) is 9.55 Å². The van der Waals surface area contributed by atoms with Crippen molar-refractivity contribution in [1.29, 1.82) is 0 Å². The third kappa shape index (κ3) is 1.52. The van der Waals surface area contributed by atoms with Gasteiger partial charge in [0.1, 0.15) is 0 Å². The molecular formula is C18H14N2O2. The van der Waals surface area contributed by atoms with Crippen molar-refractivity contribution in [3.8, 4) is 0 Å². The standard InChI is InChI=1S/C18H14N2O2/c1-10(21)13-9-19-14-7-8-16-18(17(13)14)12-5-3-4-6-15(12)20(16)11(2)22/h3-9,19H,1-2H3. The molecule has 2 aromatic heterocycles. The van der Waals surface area contributed by atoms with E-state index in [0.717, 1.165) is 32.7 Å². The highest BCUT2D eigenvalue weighted by molar-refractivity contribution is 6.27. The van der Waals surface area contributed by atoms with Gasteiger partial charge >= 0.3 is 0 Å². The number of hydrogen-bond acceptors (Lipinski definition) is 2. The molecule has 0 radical (unpaired) electrons. The first-order valence-corrected chi connectivity index (χ1v) is 7.14. The lowest BCUT2D eigenvalue weighted by Crippen LogP contribution is -2.04. The number of nitrogens with zero attached hydrogens (tertiary/aromatic N) is 1. The molecule has 0 spiro atoms. The van der Waals surface area contributed by atoms with Gasteiger partial charge in [-0.1, -0.05) is 18.2 Å². The van der Waals surface area contributed by atoms with E-state index in [1.165, 1.54) is 0 Å². The Hall–Kier alpha value is -2.88. The smallest absolute Gasteiger partial charge is 0.228 e. The SMILES string of the molecule is CC(=O)c1c[nH]c2ccc3c(c4ccccc4n3C(C)=O)c12. The molecule has 4 nitrogen and oxygen atoms in total. The maximum atomic E-state index is 12.1. The molecule has 0 saturated carbocycles. The van der Waals surface area contributed by atoms with E-state index < -0.39 is 0 Å². The lowest BCUT2D eigenvalue weighted by Gasteiger charge is -2.02. The van der Waals surface area contributed by atoms with E-state index in [4.69, 9.17) is 0 Å². The van der Waals surface area contributed by atoms with Crippen LogP contribution in [-0.4, -0.2) is 21.2 Å². The van der Waals surface area contributed by atoms with Gasteiger partial charge in [-0.3, -0.25) is 14.2 Å². The van der Waals surface area contributed by atoms with Gasteiger partial charge in [0, 0.05) is 40.4 Å². The van der Waals surface area contributed by atoms with Crippen LogP contribution in [0.1, 0.15) is 29.0 Å². The minimum absolute atomic E-state index is 0.0124. The number of carbonyl (C=O) groups excluding carboxylic acids is 2. The Morgan fingerprint density at radius 1 is 0.955 bits per heavy atom. The Morgan fingerprint density at radius 3 is 2.45 bits per heavy atom. The third-order valence-corrected chi connectivity index (χ3v) is 4.17. The second-order valence-electron chi connectivity index (χ2n) is 5.51. The fourth-order valence-electron chi connectivity index (χ4n) is 3.30. The predicted molar refractivity (Wildman–Crippen MR) is 87.6 cm³/mol. The molecule has 0 fully saturated rings. The van der Waals surface area contributed by atoms with Crippen LogP contribution < -0.4 is 0 Å². The minimum atomic E-state index is -0.0366. The number of para-hydroxylation sites is 1. The summed E-state index contributed by atoms with van der Waals surface area (Å²) in [4.78, 5) is 27.2. The number of H-pyrrole nitrogens is 1. The monoisotopic (exact) mass is 290 g/mol. The molecule has 1 N–H and O–H groups in total. The van der Waals surface area contributed by atoms with Crippen molar-refractivity contribution in [2.45, 2.75) is 13.8 Å². The van der Waals surface area contributed by atoms with Crippen LogP contribution in [0.25, 0.3) is 32.7 Å². The van der Waals surface area contributed by atoms with Gasteiger partial charge in [0.15, 0.2) is 5.78 Å². The van der Waals surface area contributed by atoms with Crippen molar-refractivity contribution in [2.75, 3.05) is 0 Å². The van der Waals surface area contributed by atoms with E-state index >= 15 is 0 Å². The molecule has 4 heteroatoms. The molecule has 2 aromatic carbocycles. The van der Waals surface area contributed by atoms with Gasteiger partial charge in [-0.2, -0.15) is 0 Å². The molecule has 4 rings (SSSR count). The summed E-state index contributed by atoms with van der Waals surface area (Å²) in [5.74, 6) is -0.0242. The summed E-state index contributed by atoms with van der Waals surface area (Å²) in [5.41, 5.74) is 3.27. The number of aromatic nitrogens is 2. The molecule has 0 saturated heterocycles. The molecule has 0 aliphatic carbocycles. The molecule has 0 bridgehead atoms. The Bertz CT molecular complexity index is 1080. The van der Waals surface area contributed by atoms with Gasteiger partial charge < -0.3 is 4.98 Å². The van der Waals surface area contributed by atoms with Gasteiger partial charge in [0.2, 0.25) is 5.91 Å². The summed E-state index contributed by atoms with van der Waals surface area (Å²) in [6.45, 7) is 3.12. The Balaban J connectivity index is 2.37. The second-order valence-corrected chi connectivity index (χ2v) is 5.51. The van der Waals surface area contributed by atoms with Crippen LogP contribution in [0, 0.1) is 0 Å². The van der Waals surface area contributed by atoms with E-state index in [1.54, 1.807) is 24.6 Å². The first kappa shape index (κ1) is 12.8. The van der Waals surface area contributed by atoms with Crippen molar-refractivity contribution < 1.29 is 9.59 Å². The molecule has 0 atom stereocenters. The zero-order valence-electron chi connectivity index (χ0n) is 12.3. The first-order valence-electron chi connectivity index (χ1n) is 7.14. The van der Waals surface area contributed by atoms with Gasteiger partial charge in [-0.15, -0.1) is 0 Å². The lowest BCUT2D eigenvalue weighted by atomic mass is 10.0. The number of rotatable bonds is 1. The van der Waals surface area contributed by atoms with Crippen LogP contribution in [0.5, 0.6) is 0 Å². The largest absolute Gasteiger partial charge is 0.360 e. The molecule has 4 aromatic rings. The zero-order chi connectivity index (χ0) is 15.4. The topological polar surface area (TPSA) is 54.9 Å².